The van der Waals surface area contributed by atoms with E-state index in [0.29, 0.717) is 41.2 Å². The number of carbonyl (C=O) groups excluding carboxylic acids is 1. The highest BCUT2D eigenvalue weighted by molar-refractivity contribution is 6.31. The van der Waals surface area contributed by atoms with Crippen LogP contribution in [0.4, 0.5) is 5.69 Å². The first-order valence-corrected chi connectivity index (χ1v) is 9.49. The lowest BCUT2D eigenvalue weighted by atomic mass is 10.2. The van der Waals surface area contributed by atoms with Gasteiger partial charge in [0.15, 0.2) is 18.1 Å². The Morgan fingerprint density at radius 1 is 0.963 bits per heavy atom. The van der Waals surface area contributed by atoms with Crippen LogP contribution in [0.2, 0.25) is 5.02 Å². The second-order valence-electron chi connectivity index (χ2n) is 6.11. The van der Waals surface area contributed by atoms with Crippen molar-refractivity contribution in [2.45, 2.75) is 33.6 Å². The lowest BCUT2D eigenvalue weighted by Crippen LogP contribution is -2.20. The minimum Gasteiger partial charge on any atom is -0.490 e. The van der Waals surface area contributed by atoms with Gasteiger partial charge in [0.1, 0.15) is 5.75 Å². The predicted molar refractivity (Wildman–Crippen MR) is 108 cm³/mol. The fourth-order valence-electron chi connectivity index (χ4n) is 2.29. The van der Waals surface area contributed by atoms with Crippen LogP contribution in [0.15, 0.2) is 36.4 Å². The van der Waals surface area contributed by atoms with E-state index in [1.54, 1.807) is 36.4 Å². The summed E-state index contributed by atoms with van der Waals surface area (Å²) in [5.74, 6) is 1.64. The number of nitrogens with one attached hydrogen (secondary N) is 1. The first kappa shape index (κ1) is 20.9. The van der Waals surface area contributed by atoms with Gasteiger partial charge in [-0.25, -0.2) is 0 Å². The summed E-state index contributed by atoms with van der Waals surface area (Å²) in [7, 11) is 0. The van der Waals surface area contributed by atoms with Gasteiger partial charge in [0, 0.05) is 16.8 Å². The number of hydrogen-bond acceptors (Lipinski definition) is 4. The molecule has 146 valence electrons. The molecule has 27 heavy (non-hydrogen) atoms. The Bertz CT molecular complexity index is 764. The highest BCUT2D eigenvalue weighted by atomic mass is 35.5. The van der Waals surface area contributed by atoms with E-state index in [2.05, 4.69) is 5.32 Å². The van der Waals surface area contributed by atoms with Gasteiger partial charge < -0.3 is 19.5 Å². The number of hydrogen-bond donors (Lipinski definition) is 1. The van der Waals surface area contributed by atoms with Gasteiger partial charge in [-0.1, -0.05) is 25.4 Å². The number of carbonyl (C=O) groups is 1. The average Bonchev–Trinajstić information content (AvgIpc) is 2.66. The first-order valence-electron chi connectivity index (χ1n) is 9.12. The van der Waals surface area contributed by atoms with Gasteiger partial charge in [-0.15, -0.1) is 0 Å². The lowest BCUT2D eigenvalue weighted by molar-refractivity contribution is -0.118. The van der Waals surface area contributed by atoms with Gasteiger partial charge in [-0.2, -0.15) is 0 Å². The topological polar surface area (TPSA) is 56.8 Å². The molecular formula is C21H26ClNO4. The summed E-state index contributed by atoms with van der Waals surface area (Å²) < 4.78 is 17.0. The van der Waals surface area contributed by atoms with Crippen molar-refractivity contribution in [2.24, 2.45) is 0 Å². The molecule has 6 heteroatoms. The fraction of sp³-hybridized carbons (Fsp3) is 0.381. The van der Waals surface area contributed by atoms with Gasteiger partial charge in [0.25, 0.3) is 5.91 Å². The Kier molecular flexibility index (Phi) is 8.27. The SMILES string of the molecule is CCCOc1ccc(NC(=O)COc2ccc(Cl)c(C)c2)cc1OCCC. The smallest absolute Gasteiger partial charge is 0.262 e. The summed E-state index contributed by atoms with van der Waals surface area (Å²) in [6, 6.07) is 10.6. The third kappa shape index (κ3) is 6.68. The summed E-state index contributed by atoms with van der Waals surface area (Å²) in [5, 5.41) is 3.48. The Morgan fingerprint density at radius 2 is 1.67 bits per heavy atom. The molecule has 0 fully saturated rings. The van der Waals surface area contributed by atoms with Crippen molar-refractivity contribution in [1.82, 2.24) is 0 Å². The average molecular weight is 392 g/mol. The second-order valence-corrected chi connectivity index (χ2v) is 6.51. The standard InChI is InChI=1S/C21H26ClNO4/c1-4-10-25-19-9-6-16(13-20(19)26-11-5-2)23-21(24)14-27-17-7-8-18(22)15(3)12-17/h6-9,12-13H,4-5,10-11,14H2,1-3H3,(H,23,24). The molecule has 0 aliphatic carbocycles. The summed E-state index contributed by atoms with van der Waals surface area (Å²) in [5.41, 5.74) is 1.53. The minimum absolute atomic E-state index is 0.0969. The summed E-state index contributed by atoms with van der Waals surface area (Å²) >= 11 is 5.99. The summed E-state index contributed by atoms with van der Waals surface area (Å²) in [6.45, 7) is 7.06. The van der Waals surface area contributed by atoms with Crippen molar-refractivity contribution in [3.8, 4) is 17.2 Å². The van der Waals surface area contributed by atoms with Crippen molar-refractivity contribution in [3.05, 3.63) is 47.0 Å². The molecule has 0 bridgehead atoms. The molecule has 0 aliphatic heterocycles. The Balaban J connectivity index is 1.97. The molecule has 0 unspecified atom stereocenters. The van der Waals surface area contributed by atoms with Crippen molar-refractivity contribution in [3.63, 3.8) is 0 Å². The van der Waals surface area contributed by atoms with Gasteiger partial charge in [-0.3, -0.25) is 4.79 Å². The summed E-state index contributed by atoms with van der Waals surface area (Å²) in [4.78, 5) is 12.2. The molecule has 0 saturated carbocycles. The number of aryl methyl sites for hydroxylation is 1. The van der Waals surface area contributed by atoms with E-state index in [1.807, 2.05) is 20.8 Å². The van der Waals surface area contributed by atoms with Crippen LogP contribution in [0.1, 0.15) is 32.3 Å². The van der Waals surface area contributed by atoms with Crippen LogP contribution in [0.5, 0.6) is 17.2 Å². The molecule has 1 amide bonds. The molecular weight excluding hydrogens is 366 g/mol. The van der Waals surface area contributed by atoms with E-state index in [0.717, 1.165) is 18.4 Å². The van der Waals surface area contributed by atoms with Crippen LogP contribution in [0.3, 0.4) is 0 Å². The maximum atomic E-state index is 12.2. The molecule has 0 atom stereocenters. The monoisotopic (exact) mass is 391 g/mol. The lowest BCUT2D eigenvalue weighted by Gasteiger charge is -2.14. The number of ether oxygens (including phenoxy) is 3. The maximum Gasteiger partial charge on any atom is 0.262 e. The van der Waals surface area contributed by atoms with Gasteiger partial charge in [0.2, 0.25) is 0 Å². The van der Waals surface area contributed by atoms with Crippen LogP contribution in [0.25, 0.3) is 0 Å². The zero-order valence-electron chi connectivity index (χ0n) is 16.0. The minimum atomic E-state index is -0.258. The molecule has 5 nitrogen and oxygen atoms in total. The largest absolute Gasteiger partial charge is 0.490 e. The third-order valence-electron chi connectivity index (χ3n) is 3.65. The van der Waals surface area contributed by atoms with Gasteiger partial charge in [0.05, 0.1) is 13.2 Å². The number of amides is 1. The highest BCUT2D eigenvalue weighted by Gasteiger charge is 2.10. The molecule has 0 aromatic heterocycles. The number of halogens is 1. The predicted octanol–water partition coefficient (Wildman–Crippen LogP) is 5.24. The molecule has 0 heterocycles. The van der Waals surface area contributed by atoms with Crippen molar-refractivity contribution < 1.29 is 19.0 Å². The molecule has 1 N–H and O–H groups in total. The Labute approximate surface area is 165 Å². The molecule has 2 rings (SSSR count). The maximum absolute atomic E-state index is 12.2. The Morgan fingerprint density at radius 3 is 2.33 bits per heavy atom. The zero-order valence-corrected chi connectivity index (χ0v) is 16.8. The third-order valence-corrected chi connectivity index (χ3v) is 4.07. The van der Waals surface area contributed by atoms with Crippen LogP contribution in [-0.2, 0) is 4.79 Å². The van der Waals surface area contributed by atoms with E-state index < -0.39 is 0 Å². The number of rotatable bonds is 10. The second kappa shape index (κ2) is 10.7. The quantitative estimate of drug-likeness (QED) is 0.601. The van der Waals surface area contributed by atoms with E-state index in [-0.39, 0.29) is 12.5 Å². The molecule has 0 radical (unpaired) electrons. The number of anilines is 1. The van der Waals surface area contributed by atoms with Gasteiger partial charge >= 0.3 is 0 Å². The van der Waals surface area contributed by atoms with E-state index in [1.165, 1.54) is 0 Å². The van der Waals surface area contributed by atoms with Crippen LogP contribution in [-0.4, -0.2) is 25.7 Å². The highest BCUT2D eigenvalue weighted by Crippen LogP contribution is 2.31. The zero-order chi connectivity index (χ0) is 19.6. The van der Waals surface area contributed by atoms with Gasteiger partial charge in [-0.05, 0) is 55.7 Å². The summed E-state index contributed by atoms with van der Waals surface area (Å²) in [6.07, 6.45) is 1.80. The van der Waals surface area contributed by atoms with Crippen molar-refractivity contribution in [2.75, 3.05) is 25.1 Å². The molecule has 2 aromatic carbocycles. The van der Waals surface area contributed by atoms with E-state index >= 15 is 0 Å². The van der Waals surface area contributed by atoms with Crippen LogP contribution < -0.4 is 19.5 Å². The Hall–Kier alpha value is -2.40. The van der Waals surface area contributed by atoms with E-state index in [9.17, 15) is 4.79 Å². The van der Waals surface area contributed by atoms with Crippen molar-refractivity contribution in [1.29, 1.82) is 0 Å². The van der Waals surface area contributed by atoms with E-state index in [4.69, 9.17) is 25.8 Å². The molecule has 0 saturated heterocycles. The number of benzene rings is 2. The van der Waals surface area contributed by atoms with Crippen molar-refractivity contribution >= 4 is 23.2 Å². The normalized spacial score (nSPS) is 10.4. The molecule has 0 spiro atoms. The fourth-order valence-corrected chi connectivity index (χ4v) is 2.41. The first-order chi connectivity index (χ1) is 13.0. The molecule has 2 aromatic rings. The molecule has 0 aliphatic rings. The van der Waals surface area contributed by atoms with Crippen LogP contribution >= 0.6 is 11.6 Å². The van der Waals surface area contributed by atoms with Crippen LogP contribution in [0, 0.1) is 6.92 Å².